The van der Waals surface area contributed by atoms with Gasteiger partial charge in [0.05, 0.1) is 12.0 Å². The fraction of sp³-hybridized carbons (Fsp3) is 0.115. The lowest BCUT2D eigenvalue weighted by Gasteiger charge is -2.20. The summed E-state index contributed by atoms with van der Waals surface area (Å²) in [6.07, 6.45) is 8.24. The monoisotopic (exact) mass is 452 g/mol. The summed E-state index contributed by atoms with van der Waals surface area (Å²) in [5.74, 6) is 0.920. The van der Waals surface area contributed by atoms with Gasteiger partial charge in [-0.15, -0.1) is 11.3 Å². The lowest BCUT2D eigenvalue weighted by molar-refractivity contribution is 1.06. The molecule has 3 heterocycles. The molecule has 0 aliphatic carbocycles. The van der Waals surface area contributed by atoms with Crippen molar-refractivity contribution < 1.29 is 0 Å². The second kappa shape index (κ2) is 9.26. The Morgan fingerprint density at radius 1 is 1.03 bits per heavy atom. The first-order valence-electron chi connectivity index (χ1n) is 10.8. The van der Waals surface area contributed by atoms with E-state index in [1.165, 1.54) is 5.56 Å². The van der Waals surface area contributed by atoms with E-state index in [1.54, 1.807) is 23.9 Å². The summed E-state index contributed by atoms with van der Waals surface area (Å²) >= 11 is 1.61. The van der Waals surface area contributed by atoms with E-state index in [9.17, 15) is 0 Å². The topological polar surface area (TPSA) is 58.9 Å². The van der Waals surface area contributed by atoms with E-state index in [-0.39, 0.29) is 0 Å². The zero-order valence-corrected chi connectivity index (χ0v) is 19.3. The van der Waals surface area contributed by atoms with Gasteiger partial charge in [0.1, 0.15) is 5.82 Å². The van der Waals surface area contributed by atoms with Gasteiger partial charge in [-0.1, -0.05) is 25.1 Å². The van der Waals surface area contributed by atoms with Crippen molar-refractivity contribution in [1.82, 2.24) is 19.5 Å². The fourth-order valence-corrected chi connectivity index (χ4v) is 4.41. The molecule has 0 saturated carbocycles. The van der Waals surface area contributed by atoms with Crippen molar-refractivity contribution >= 4 is 33.7 Å². The third-order valence-corrected chi connectivity index (χ3v) is 6.32. The number of hydrogen-bond donors (Lipinski definition) is 1. The molecule has 0 atom stereocenters. The van der Waals surface area contributed by atoms with Crippen molar-refractivity contribution in [2.45, 2.75) is 13.3 Å². The van der Waals surface area contributed by atoms with E-state index in [4.69, 9.17) is 4.98 Å². The van der Waals surface area contributed by atoms with E-state index < -0.39 is 0 Å². The average molecular weight is 453 g/mol. The van der Waals surface area contributed by atoms with Crippen LogP contribution in [-0.4, -0.2) is 26.6 Å². The Morgan fingerprint density at radius 2 is 1.91 bits per heavy atom. The standard InChI is InChI=1S/C26H24N6S/c1-3-19-16-22(31(2)25-6-4-5-13-28-25)11-12-23(19)29-26-30-24(17-33-26)20-7-9-21(10-8-20)32-15-14-27-18-32/h4-18H,3H2,1-2H3,(H,29,30). The second-order valence-corrected chi connectivity index (χ2v) is 8.48. The Morgan fingerprint density at radius 3 is 2.64 bits per heavy atom. The van der Waals surface area contributed by atoms with Gasteiger partial charge < -0.3 is 14.8 Å². The van der Waals surface area contributed by atoms with Crippen LogP contribution in [0.5, 0.6) is 0 Å². The first-order chi connectivity index (χ1) is 16.2. The van der Waals surface area contributed by atoms with E-state index >= 15 is 0 Å². The van der Waals surface area contributed by atoms with Gasteiger partial charge in [0.25, 0.3) is 0 Å². The van der Waals surface area contributed by atoms with Crippen molar-refractivity contribution in [3.63, 3.8) is 0 Å². The van der Waals surface area contributed by atoms with Crippen LogP contribution in [0.1, 0.15) is 12.5 Å². The van der Waals surface area contributed by atoms with Gasteiger partial charge in [-0.2, -0.15) is 0 Å². The maximum Gasteiger partial charge on any atom is 0.187 e. The first-order valence-corrected chi connectivity index (χ1v) is 11.7. The lowest BCUT2D eigenvalue weighted by atomic mass is 10.1. The maximum absolute atomic E-state index is 4.82. The summed E-state index contributed by atoms with van der Waals surface area (Å²) in [4.78, 5) is 15.5. The van der Waals surface area contributed by atoms with Crippen LogP contribution in [0, 0.1) is 0 Å². The SMILES string of the molecule is CCc1cc(N(C)c2ccccn2)ccc1Nc1nc(-c2ccc(-n3ccnc3)cc2)cs1. The van der Waals surface area contributed by atoms with Crippen molar-refractivity contribution in [3.8, 4) is 16.9 Å². The minimum absolute atomic E-state index is 0.879. The largest absolute Gasteiger partial charge is 0.331 e. The van der Waals surface area contributed by atoms with Crippen LogP contribution in [0.15, 0.2) is 91.0 Å². The van der Waals surface area contributed by atoms with Gasteiger partial charge in [0.15, 0.2) is 5.13 Å². The molecule has 0 bridgehead atoms. The average Bonchev–Trinajstić information content (AvgIpc) is 3.57. The number of aromatic nitrogens is 4. The minimum Gasteiger partial charge on any atom is -0.331 e. The molecule has 6 nitrogen and oxygen atoms in total. The number of rotatable bonds is 7. The number of benzene rings is 2. The highest BCUT2D eigenvalue weighted by molar-refractivity contribution is 7.14. The molecule has 1 N–H and O–H groups in total. The molecule has 3 aromatic heterocycles. The molecule has 164 valence electrons. The molecule has 33 heavy (non-hydrogen) atoms. The molecule has 0 aliphatic heterocycles. The lowest BCUT2D eigenvalue weighted by Crippen LogP contribution is -2.11. The number of hydrogen-bond acceptors (Lipinski definition) is 6. The van der Waals surface area contributed by atoms with Gasteiger partial charge in [-0.25, -0.2) is 15.0 Å². The van der Waals surface area contributed by atoms with E-state index in [0.717, 1.165) is 45.7 Å². The molecular weight excluding hydrogens is 428 g/mol. The summed E-state index contributed by atoms with van der Waals surface area (Å²) < 4.78 is 1.99. The number of nitrogens with one attached hydrogen (secondary N) is 1. The van der Waals surface area contributed by atoms with E-state index in [0.29, 0.717) is 0 Å². The quantitative estimate of drug-likeness (QED) is 0.307. The predicted molar refractivity (Wildman–Crippen MR) is 136 cm³/mol. The Hall–Kier alpha value is -3.97. The summed E-state index contributed by atoms with van der Waals surface area (Å²) in [5.41, 5.74) is 6.54. The number of aryl methyl sites for hydroxylation is 1. The van der Waals surface area contributed by atoms with Crippen molar-refractivity contribution in [2.24, 2.45) is 0 Å². The number of thiazole rings is 1. The second-order valence-electron chi connectivity index (χ2n) is 7.62. The van der Waals surface area contributed by atoms with Crippen LogP contribution in [0.2, 0.25) is 0 Å². The van der Waals surface area contributed by atoms with Crippen molar-refractivity contribution in [2.75, 3.05) is 17.3 Å². The summed E-state index contributed by atoms with van der Waals surface area (Å²) in [6, 6.07) is 20.7. The zero-order valence-electron chi connectivity index (χ0n) is 18.5. The highest BCUT2D eigenvalue weighted by atomic mass is 32.1. The highest BCUT2D eigenvalue weighted by Crippen LogP contribution is 2.32. The van der Waals surface area contributed by atoms with Crippen molar-refractivity contribution in [1.29, 1.82) is 0 Å². The Balaban J connectivity index is 1.33. The van der Waals surface area contributed by atoms with Gasteiger partial charge in [0.2, 0.25) is 0 Å². The highest BCUT2D eigenvalue weighted by Gasteiger charge is 2.11. The van der Waals surface area contributed by atoms with Gasteiger partial charge in [-0.05, 0) is 54.4 Å². The van der Waals surface area contributed by atoms with Crippen molar-refractivity contribution in [3.05, 3.63) is 96.5 Å². The Labute approximate surface area is 197 Å². The van der Waals surface area contributed by atoms with Crippen LogP contribution in [0.3, 0.4) is 0 Å². The number of nitrogens with zero attached hydrogens (tertiary/aromatic N) is 5. The molecular formula is C26H24N6S. The first kappa shape index (κ1) is 20.9. The molecule has 0 unspecified atom stereocenters. The van der Waals surface area contributed by atoms with Crippen LogP contribution in [-0.2, 0) is 6.42 Å². The Kier molecular flexibility index (Phi) is 5.87. The van der Waals surface area contributed by atoms with Crippen LogP contribution < -0.4 is 10.2 Å². The molecule has 2 aromatic carbocycles. The smallest absolute Gasteiger partial charge is 0.187 e. The van der Waals surface area contributed by atoms with Gasteiger partial charge in [0, 0.05) is 53.6 Å². The van der Waals surface area contributed by atoms with E-state index in [1.807, 2.05) is 42.2 Å². The Bertz CT molecular complexity index is 1330. The minimum atomic E-state index is 0.879. The van der Waals surface area contributed by atoms with Gasteiger partial charge >= 0.3 is 0 Å². The summed E-state index contributed by atoms with van der Waals surface area (Å²) in [5, 5.41) is 6.48. The molecule has 0 radical (unpaired) electrons. The predicted octanol–water partition coefficient (Wildman–Crippen LogP) is 6.46. The molecule has 0 fully saturated rings. The number of imidazole rings is 1. The van der Waals surface area contributed by atoms with Crippen LogP contribution in [0.4, 0.5) is 22.3 Å². The third-order valence-electron chi connectivity index (χ3n) is 5.56. The third kappa shape index (κ3) is 4.49. The van der Waals surface area contributed by atoms with E-state index in [2.05, 4.69) is 75.0 Å². The molecule has 7 heteroatoms. The molecule has 5 aromatic rings. The summed E-state index contributed by atoms with van der Waals surface area (Å²) in [6.45, 7) is 2.17. The van der Waals surface area contributed by atoms with Gasteiger partial charge in [-0.3, -0.25) is 0 Å². The normalized spacial score (nSPS) is 10.8. The molecule has 0 spiro atoms. The fourth-order valence-electron chi connectivity index (χ4n) is 3.68. The molecule has 0 amide bonds. The van der Waals surface area contributed by atoms with Crippen LogP contribution >= 0.6 is 11.3 Å². The molecule has 5 rings (SSSR count). The maximum atomic E-state index is 4.82. The van der Waals surface area contributed by atoms with Crippen LogP contribution in [0.25, 0.3) is 16.9 Å². The number of pyridine rings is 1. The summed E-state index contributed by atoms with van der Waals surface area (Å²) in [7, 11) is 2.04. The molecule has 0 saturated heterocycles. The number of anilines is 4. The zero-order chi connectivity index (χ0) is 22.6. The molecule has 0 aliphatic rings.